The lowest BCUT2D eigenvalue weighted by molar-refractivity contribution is -0.132. The van der Waals surface area contributed by atoms with Crippen molar-refractivity contribution >= 4 is 57.3 Å². The Kier molecular flexibility index (Phi) is 7.94. The van der Waals surface area contributed by atoms with Crippen LogP contribution in [0.3, 0.4) is 0 Å². The summed E-state index contributed by atoms with van der Waals surface area (Å²) in [6.45, 7) is 4.30. The summed E-state index contributed by atoms with van der Waals surface area (Å²) in [5, 5.41) is 21.1. The second-order valence-electron chi connectivity index (χ2n) is 9.90. The van der Waals surface area contributed by atoms with Gasteiger partial charge in [0.05, 0.1) is 18.2 Å². The number of benzene rings is 3. The van der Waals surface area contributed by atoms with Crippen LogP contribution in [0.2, 0.25) is 5.02 Å². The van der Waals surface area contributed by atoms with Gasteiger partial charge in [-0.3, -0.25) is 14.5 Å². The van der Waals surface area contributed by atoms with E-state index >= 15 is 0 Å². The third kappa shape index (κ3) is 5.49. The molecule has 1 saturated heterocycles. The van der Waals surface area contributed by atoms with E-state index in [9.17, 15) is 14.7 Å². The predicted molar refractivity (Wildman–Crippen MR) is 164 cm³/mol. The molecule has 214 valence electrons. The first-order valence-corrected chi connectivity index (χ1v) is 15.5. The molecule has 0 aliphatic carbocycles. The van der Waals surface area contributed by atoms with Crippen molar-refractivity contribution in [1.82, 2.24) is 10.2 Å². The molecule has 1 fully saturated rings. The van der Waals surface area contributed by atoms with Gasteiger partial charge in [0.1, 0.15) is 23.4 Å². The van der Waals surface area contributed by atoms with Crippen LogP contribution >= 0.6 is 34.7 Å². The summed E-state index contributed by atoms with van der Waals surface area (Å²) in [6.07, 6.45) is 0.708. The summed E-state index contributed by atoms with van der Waals surface area (Å²) in [6, 6.07) is 19.1. The highest BCUT2D eigenvalue weighted by Crippen LogP contribution is 2.45. The Hall–Kier alpha value is -3.86. The average molecular weight is 620 g/mol. The van der Waals surface area contributed by atoms with E-state index in [1.165, 1.54) is 28.0 Å². The fraction of sp³-hybridized carbons (Fsp3) is 0.226. The van der Waals surface area contributed by atoms with Gasteiger partial charge >= 0.3 is 5.91 Å². The second kappa shape index (κ2) is 11.8. The maximum atomic E-state index is 13.6. The van der Waals surface area contributed by atoms with Crippen LogP contribution in [0.5, 0.6) is 11.5 Å². The number of nitrogens with zero attached hydrogens (tertiary/aromatic N) is 3. The zero-order valence-electron chi connectivity index (χ0n) is 22.7. The molecule has 3 heterocycles. The molecule has 2 aliphatic rings. The van der Waals surface area contributed by atoms with E-state index in [-0.39, 0.29) is 22.6 Å². The van der Waals surface area contributed by atoms with Crippen LogP contribution < -0.4 is 14.4 Å². The largest absolute Gasteiger partial charge is 0.507 e. The minimum absolute atomic E-state index is 0.0217. The SMILES string of the molecule is CCOc1cccc([C@@H]2C(=C(O)c3ccc4c(c3)C[C@H](C)O4)C(=O)C(=O)N2c2nnc(SCc3ccc(Cl)cc3)s2)c1. The van der Waals surface area contributed by atoms with Crippen LogP contribution in [0.4, 0.5) is 5.13 Å². The second-order valence-corrected chi connectivity index (χ2v) is 12.5. The number of aromatic nitrogens is 2. The van der Waals surface area contributed by atoms with E-state index in [1.807, 2.05) is 44.2 Å². The zero-order chi connectivity index (χ0) is 29.4. The van der Waals surface area contributed by atoms with E-state index in [2.05, 4.69) is 10.2 Å². The third-order valence-electron chi connectivity index (χ3n) is 6.98. The molecule has 0 bridgehead atoms. The van der Waals surface area contributed by atoms with Crippen molar-refractivity contribution in [2.75, 3.05) is 11.5 Å². The number of thioether (sulfide) groups is 1. The predicted octanol–water partition coefficient (Wildman–Crippen LogP) is 6.83. The highest BCUT2D eigenvalue weighted by atomic mass is 35.5. The van der Waals surface area contributed by atoms with Gasteiger partial charge in [-0.2, -0.15) is 0 Å². The normalized spacial score (nSPS) is 19.2. The lowest BCUT2D eigenvalue weighted by Gasteiger charge is -2.23. The molecule has 1 aromatic heterocycles. The zero-order valence-corrected chi connectivity index (χ0v) is 25.1. The van der Waals surface area contributed by atoms with E-state index < -0.39 is 17.7 Å². The smallest absolute Gasteiger partial charge is 0.301 e. The van der Waals surface area contributed by atoms with Gasteiger partial charge in [0.25, 0.3) is 5.78 Å². The standard InChI is InChI=1S/C31H26ClN3O5S2/c1-3-39-23-6-4-5-19(15-23)26-25(27(36)20-9-12-24-21(14-20)13-17(2)40-24)28(37)29(38)35(26)30-33-34-31(42-30)41-16-18-7-10-22(32)11-8-18/h4-12,14-15,17,26,36H,3,13,16H2,1-2H3/t17-,26+/m0/s1. The first-order chi connectivity index (χ1) is 20.3. The van der Waals surface area contributed by atoms with Gasteiger partial charge in [0.15, 0.2) is 4.34 Å². The molecule has 2 atom stereocenters. The molecule has 4 aromatic rings. The van der Waals surface area contributed by atoms with Crippen LogP contribution in [-0.4, -0.2) is 39.7 Å². The first-order valence-electron chi connectivity index (χ1n) is 13.4. The van der Waals surface area contributed by atoms with Crippen molar-refractivity contribution in [2.45, 2.75) is 42.5 Å². The minimum Gasteiger partial charge on any atom is -0.507 e. The molecular formula is C31H26ClN3O5S2. The summed E-state index contributed by atoms with van der Waals surface area (Å²) in [7, 11) is 0. The topological polar surface area (TPSA) is 102 Å². The van der Waals surface area contributed by atoms with Gasteiger partial charge < -0.3 is 14.6 Å². The van der Waals surface area contributed by atoms with Gasteiger partial charge in [0, 0.05) is 22.8 Å². The molecule has 1 amide bonds. The van der Waals surface area contributed by atoms with E-state index in [0.29, 0.717) is 45.0 Å². The molecule has 8 nitrogen and oxygen atoms in total. The molecule has 1 N–H and O–H groups in total. The van der Waals surface area contributed by atoms with Crippen LogP contribution in [0.15, 0.2) is 76.6 Å². The number of halogens is 1. The maximum Gasteiger partial charge on any atom is 0.301 e. The average Bonchev–Trinajstić information content (AvgIpc) is 3.67. The molecule has 3 aromatic carbocycles. The number of carbonyl (C=O) groups excluding carboxylic acids is 2. The highest BCUT2D eigenvalue weighted by molar-refractivity contribution is 8.00. The molecule has 0 radical (unpaired) electrons. The number of aliphatic hydroxyl groups is 1. The Balaban J connectivity index is 1.39. The van der Waals surface area contributed by atoms with Crippen molar-refractivity contribution in [1.29, 1.82) is 0 Å². The van der Waals surface area contributed by atoms with Gasteiger partial charge in [-0.15, -0.1) is 10.2 Å². The quantitative estimate of drug-likeness (QED) is 0.0753. The molecule has 6 rings (SSSR count). The first kappa shape index (κ1) is 28.3. The van der Waals surface area contributed by atoms with Crippen molar-refractivity contribution < 1.29 is 24.2 Å². The number of hydrogen-bond acceptors (Lipinski definition) is 9. The van der Waals surface area contributed by atoms with E-state index in [4.69, 9.17) is 21.1 Å². The summed E-state index contributed by atoms with van der Waals surface area (Å²) in [4.78, 5) is 28.5. The lowest BCUT2D eigenvalue weighted by Crippen LogP contribution is -2.29. The van der Waals surface area contributed by atoms with Crippen molar-refractivity contribution in [2.24, 2.45) is 0 Å². The number of amides is 1. The Morgan fingerprint density at radius 3 is 2.74 bits per heavy atom. The number of Topliss-reactive ketones (excluding diaryl/α,β-unsaturated/α-hetero) is 1. The van der Waals surface area contributed by atoms with Gasteiger partial charge in [-0.25, -0.2) is 0 Å². The van der Waals surface area contributed by atoms with E-state index in [0.717, 1.165) is 16.9 Å². The molecule has 0 spiro atoms. The summed E-state index contributed by atoms with van der Waals surface area (Å²) < 4.78 is 12.1. The Bertz CT molecular complexity index is 1700. The van der Waals surface area contributed by atoms with Crippen LogP contribution in [0.25, 0.3) is 5.76 Å². The van der Waals surface area contributed by atoms with Crippen LogP contribution in [0, 0.1) is 0 Å². The summed E-state index contributed by atoms with van der Waals surface area (Å²) in [5.74, 6) is 0.123. The number of carbonyl (C=O) groups is 2. The van der Waals surface area contributed by atoms with Crippen molar-refractivity contribution in [3.8, 4) is 11.5 Å². The fourth-order valence-corrected chi connectivity index (χ4v) is 7.04. The Morgan fingerprint density at radius 1 is 1.14 bits per heavy atom. The third-order valence-corrected chi connectivity index (χ3v) is 9.36. The summed E-state index contributed by atoms with van der Waals surface area (Å²) >= 11 is 8.68. The van der Waals surface area contributed by atoms with Gasteiger partial charge in [0.2, 0.25) is 5.13 Å². The molecule has 42 heavy (non-hydrogen) atoms. The highest BCUT2D eigenvalue weighted by Gasteiger charge is 2.48. The maximum absolute atomic E-state index is 13.6. The fourth-order valence-electron chi connectivity index (χ4n) is 5.10. The molecular weight excluding hydrogens is 594 g/mol. The lowest BCUT2D eigenvalue weighted by atomic mass is 9.94. The van der Waals surface area contributed by atoms with Gasteiger partial charge in [-0.1, -0.05) is 59.0 Å². The minimum atomic E-state index is -0.934. The van der Waals surface area contributed by atoms with Crippen molar-refractivity contribution in [3.63, 3.8) is 0 Å². The number of aliphatic hydroxyl groups excluding tert-OH is 1. The Labute approximate surface area is 255 Å². The van der Waals surface area contributed by atoms with Crippen LogP contribution in [0.1, 0.15) is 42.1 Å². The molecule has 11 heteroatoms. The number of rotatable bonds is 8. The van der Waals surface area contributed by atoms with Crippen LogP contribution in [-0.2, 0) is 21.8 Å². The van der Waals surface area contributed by atoms with Crippen molar-refractivity contribution in [3.05, 3.63) is 99.6 Å². The Morgan fingerprint density at radius 2 is 1.95 bits per heavy atom. The number of ketones is 1. The molecule has 2 aliphatic heterocycles. The van der Waals surface area contributed by atoms with Gasteiger partial charge in [-0.05, 0) is 73.0 Å². The van der Waals surface area contributed by atoms with E-state index in [1.54, 1.807) is 36.4 Å². The number of fused-ring (bicyclic) bond motifs is 1. The summed E-state index contributed by atoms with van der Waals surface area (Å²) in [5.41, 5.74) is 3.01. The number of hydrogen-bond donors (Lipinski definition) is 1. The molecule has 0 unspecified atom stereocenters. The number of ether oxygens (including phenoxy) is 2. The molecule has 0 saturated carbocycles. The number of anilines is 1. The monoisotopic (exact) mass is 619 g/mol.